The van der Waals surface area contributed by atoms with E-state index in [-0.39, 0.29) is 24.5 Å². The third-order valence-electron chi connectivity index (χ3n) is 4.75. The molecular formula is C20H19FN4O4S. The molecule has 0 bridgehead atoms. The summed E-state index contributed by atoms with van der Waals surface area (Å²) in [7, 11) is -3.84. The highest BCUT2D eigenvalue weighted by molar-refractivity contribution is 7.89. The number of nitrogens with zero attached hydrogens (tertiary/aromatic N) is 4. The molecule has 0 saturated carbocycles. The summed E-state index contributed by atoms with van der Waals surface area (Å²) in [5.41, 5.74) is 1.56. The highest BCUT2D eigenvalue weighted by atomic mass is 32.2. The van der Waals surface area contributed by atoms with Crippen LogP contribution in [0.4, 0.5) is 4.39 Å². The number of carbonyl (C=O) groups is 1. The number of hydrogen-bond donors (Lipinski definition) is 0. The molecule has 2 aromatic carbocycles. The van der Waals surface area contributed by atoms with Gasteiger partial charge in [0.25, 0.3) is 0 Å². The van der Waals surface area contributed by atoms with Gasteiger partial charge in [-0.25, -0.2) is 17.5 Å². The van der Waals surface area contributed by atoms with E-state index < -0.39 is 27.9 Å². The second-order valence-corrected chi connectivity index (χ2v) is 8.97. The molecule has 10 heteroatoms. The molecule has 0 amide bonds. The number of morpholine rings is 1. The number of hydrogen-bond acceptors (Lipinski definition) is 6. The molecule has 0 radical (unpaired) electrons. The van der Waals surface area contributed by atoms with E-state index in [1.807, 2.05) is 6.92 Å². The predicted molar refractivity (Wildman–Crippen MR) is 105 cm³/mol. The first-order valence-electron chi connectivity index (χ1n) is 9.24. The minimum absolute atomic E-state index is 0.0170. The lowest BCUT2D eigenvalue weighted by molar-refractivity contribution is -0.156. The van der Waals surface area contributed by atoms with E-state index >= 15 is 0 Å². The monoisotopic (exact) mass is 430 g/mol. The Morgan fingerprint density at radius 3 is 2.63 bits per heavy atom. The second-order valence-electron chi connectivity index (χ2n) is 7.03. The Bertz CT molecular complexity index is 1180. The van der Waals surface area contributed by atoms with Gasteiger partial charge in [0, 0.05) is 5.56 Å². The predicted octanol–water partition coefficient (Wildman–Crippen LogP) is 2.01. The topological polar surface area (TPSA) is 94.4 Å². The molecule has 156 valence electrons. The SMILES string of the molecule is Cc1ccc(S(=O)(=O)N2CC(=O)OC(Cn3cc(-c4ccccc4F)nn3)C2)cc1. The number of ether oxygens (including phenoxy) is 1. The molecule has 30 heavy (non-hydrogen) atoms. The van der Waals surface area contributed by atoms with Crippen molar-refractivity contribution >= 4 is 16.0 Å². The zero-order chi connectivity index (χ0) is 21.3. The number of sulfonamides is 1. The molecule has 2 heterocycles. The van der Waals surface area contributed by atoms with Crippen LogP contribution in [0.25, 0.3) is 11.3 Å². The van der Waals surface area contributed by atoms with Crippen LogP contribution in [0, 0.1) is 12.7 Å². The van der Waals surface area contributed by atoms with Crippen LogP contribution in [0.1, 0.15) is 5.56 Å². The standard InChI is InChI=1S/C20H19FN4O4S/c1-14-6-8-16(9-7-14)30(27,28)25-11-15(29-20(26)13-25)10-24-12-19(22-23-24)17-4-2-3-5-18(17)21/h2-9,12,15H,10-11,13H2,1H3. The second kappa shape index (κ2) is 7.96. The van der Waals surface area contributed by atoms with Crippen molar-refractivity contribution in [1.82, 2.24) is 19.3 Å². The van der Waals surface area contributed by atoms with Gasteiger partial charge in [-0.15, -0.1) is 5.10 Å². The van der Waals surface area contributed by atoms with Crippen molar-refractivity contribution < 1.29 is 22.3 Å². The van der Waals surface area contributed by atoms with Gasteiger partial charge in [0.05, 0.1) is 24.2 Å². The summed E-state index contributed by atoms with van der Waals surface area (Å²) in [6.07, 6.45) is 0.779. The van der Waals surface area contributed by atoms with Crippen molar-refractivity contribution in [3.05, 3.63) is 66.1 Å². The number of aromatic nitrogens is 3. The van der Waals surface area contributed by atoms with Crippen molar-refractivity contribution in [2.24, 2.45) is 0 Å². The van der Waals surface area contributed by atoms with E-state index in [9.17, 15) is 17.6 Å². The quantitative estimate of drug-likeness (QED) is 0.575. The lowest BCUT2D eigenvalue weighted by Crippen LogP contribution is -2.49. The fourth-order valence-corrected chi connectivity index (χ4v) is 4.64. The minimum atomic E-state index is -3.84. The normalized spacial score (nSPS) is 17.7. The molecule has 3 aromatic rings. The summed E-state index contributed by atoms with van der Waals surface area (Å²) in [6, 6.07) is 12.6. The summed E-state index contributed by atoms with van der Waals surface area (Å²) >= 11 is 0. The fourth-order valence-electron chi connectivity index (χ4n) is 3.22. The molecule has 1 aliphatic heterocycles. The van der Waals surface area contributed by atoms with Crippen molar-refractivity contribution in [1.29, 1.82) is 0 Å². The number of aryl methyl sites for hydroxylation is 1. The number of cyclic esters (lactones) is 1. The molecule has 0 aliphatic carbocycles. The van der Waals surface area contributed by atoms with Crippen molar-refractivity contribution in [2.75, 3.05) is 13.1 Å². The van der Waals surface area contributed by atoms with Gasteiger partial charge in [0.2, 0.25) is 10.0 Å². The van der Waals surface area contributed by atoms with Crippen LogP contribution in [-0.2, 0) is 26.1 Å². The maximum Gasteiger partial charge on any atom is 0.321 e. The highest BCUT2D eigenvalue weighted by Crippen LogP contribution is 2.22. The van der Waals surface area contributed by atoms with Gasteiger partial charge in [0.1, 0.15) is 24.2 Å². The van der Waals surface area contributed by atoms with Crippen LogP contribution in [0.2, 0.25) is 0 Å². The Hall–Kier alpha value is -3.11. The smallest absolute Gasteiger partial charge is 0.321 e. The Labute approximate surface area is 172 Å². The van der Waals surface area contributed by atoms with Gasteiger partial charge in [-0.2, -0.15) is 4.31 Å². The van der Waals surface area contributed by atoms with Gasteiger partial charge in [0.15, 0.2) is 0 Å². The maximum absolute atomic E-state index is 13.9. The van der Waals surface area contributed by atoms with Crippen molar-refractivity contribution in [3.8, 4) is 11.3 Å². The first-order valence-corrected chi connectivity index (χ1v) is 10.7. The first kappa shape index (κ1) is 20.2. The van der Waals surface area contributed by atoms with Crippen LogP contribution < -0.4 is 0 Å². The lowest BCUT2D eigenvalue weighted by atomic mass is 10.1. The Kier molecular flexibility index (Phi) is 5.35. The molecule has 1 aromatic heterocycles. The third kappa shape index (κ3) is 4.10. The molecule has 1 atom stereocenters. The number of halogens is 1. The summed E-state index contributed by atoms with van der Waals surface area (Å²) in [6.45, 7) is 1.58. The molecule has 0 spiro atoms. The molecule has 1 fully saturated rings. The van der Waals surface area contributed by atoms with Crippen LogP contribution in [0.5, 0.6) is 0 Å². The molecule has 1 unspecified atom stereocenters. The molecule has 4 rings (SSSR count). The van der Waals surface area contributed by atoms with Crippen molar-refractivity contribution in [2.45, 2.75) is 24.5 Å². The zero-order valence-corrected chi connectivity index (χ0v) is 16.9. The summed E-state index contributed by atoms with van der Waals surface area (Å²) in [5, 5.41) is 7.90. The van der Waals surface area contributed by atoms with Gasteiger partial charge in [-0.1, -0.05) is 35.0 Å². The number of carbonyl (C=O) groups excluding carboxylic acids is 1. The number of esters is 1. The molecule has 1 aliphatic rings. The van der Waals surface area contributed by atoms with E-state index in [2.05, 4.69) is 10.3 Å². The van der Waals surface area contributed by atoms with Crippen LogP contribution >= 0.6 is 0 Å². The fraction of sp³-hybridized carbons (Fsp3) is 0.250. The summed E-state index contributed by atoms with van der Waals surface area (Å²) in [4.78, 5) is 12.2. The molecular weight excluding hydrogens is 411 g/mol. The van der Waals surface area contributed by atoms with Gasteiger partial charge < -0.3 is 4.74 Å². The van der Waals surface area contributed by atoms with E-state index in [1.54, 1.807) is 30.3 Å². The van der Waals surface area contributed by atoms with E-state index in [4.69, 9.17) is 4.74 Å². The Morgan fingerprint density at radius 2 is 1.90 bits per heavy atom. The largest absolute Gasteiger partial charge is 0.458 e. The highest BCUT2D eigenvalue weighted by Gasteiger charge is 2.35. The van der Waals surface area contributed by atoms with Crippen LogP contribution in [0.3, 0.4) is 0 Å². The number of rotatable bonds is 5. The van der Waals surface area contributed by atoms with Crippen LogP contribution in [-0.4, -0.2) is 52.9 Å². The van der Waals surface area contributed by atoms with E-state index in [0.717, 1.165) is 9.87 Å². The van der Waals surface area contributed by atoms with Gasteiger partial charge in [-0.05, 0) is 31.2 Å². The average molecular weight is 430 g/mol. The average Bonchev–Trinajstić information content (AvgIpc) is 3.16. The minimum Gasteiger partial charge on any atom is -0.458 e. The lowest BCUT2D eigenvalue weighted by Gasteiger charge is -2.31. The van der Waals surface area contributed by atoms with Crippen molar-refractivity contribution in [3.63, 3.8) is 0 Å². The third-order valence-corrected chi connectivity index (χ3v) is 6.57. The molecule has 0 N–H and O–H groups in total. The number of benzene rings is 2. The van der Waals surface area contributed by atoms with Crippen LogP contribution in [0.15, 0.2) is 59.6 Å². The van der Waals surface area contributed by atoms with E-state index in [1.165, 1.54) is 29.1 Å². The summed E-state index contributed by atoms with van der Waals surface area (Å²) in [5.74, 6) is -1.07. The van der Waals surface area contributed by atoms with E-state index in [0.29, 0.717) is 11.3 Å². The first-order chi connectivity index (χ1) is 14.3. The van der Waals surface area contributed by atoms with Gasteiger partial charge >= 0.3 is 5.97 Å². The molecule has 8 nitrogen and oxygen atoms in total. The summed E-state index contributed by atoms with van der Waals surface area (Å²) < 4.78 is 47.6. The zero-order valence-electron chi connectivity index (χ0n) is 16.1. The maximum atomic E-state index is 13.9. The Balaban J connectivity index is 1.51. The molecule has 1 saturated heterocycles. The Morgan fingerprint density at radius 1 is 1.17 bits per heavy atom. The van der Waals surface area contributed by atoms with Gasteiger partial charge in [-0.3, -0.25) is 4.79 Å².